The van der Waals surface area contributed by atoms with E-state index in [0.29, 0.717) is 0 Å². The number of hydrogen-bond donors (Lipinski definition) is 0. The smallest absolute Gasteiger partial charge is 0.0714 e. The molecule has 0 spiro atoms. The molecule has 12 rings (SSSR count). The van der Waals surface area contributed by atoms with Crippen molar-refractivity contribution in [2.24, 2.45) is 0 Å². The molecule has 0 amide bonds. The maximum atomic E-state index is 2.61. The van der Waals surface area contributed by atoms with E-state index in [0.717, 1.165) is 29.9 Å². The van der Waals surface area contributed by atoms with Gasteiger partial charge in [0.05, 0.1) is 11.1 Å². The van der Waals surface area contributed by atoms with E-state index in [9.17, 15) is 0 Å². The van der Waals surface area contributed by atoms with Crippen LogP contribution in [0.25, 0.3) is 44.5 Å². The quantitative estimate of drug-likeness (QED) is 0.154. The number of fused-ring (bicyclic) bond motifs is 7. The highest BCUT2D eigenvalue weighted by atomic mass is 15.1. The summed E-state index contributed by atoms with van der Waals surface area (Å²) in [6.07, 6.45) is 2.30. The molecule has 0 radical (unpaired) electrons. The lowest BCUT2D eigenvalue weighted by Crippen LogP contribution is -2.34. The number of benzene rings is 9. The highest BCUT2D eigenvalue weighted by Crippen LogP contribution is 2.60. The van der Waals surface area contributed by atoms with Crippen LogP contribution in [0.4, 0.5) is 17.1 Å². The van der Waals surface area contributed by atoms with Gasteiger partial charge in [-0.05, 0) is 156 Å². The van der Waals surface area contributed by atoms with Gasteiger partial charge in [-0.3, -0.25) is 0 Å². The van der Waals surface area contributed by atoms with Crippen molar-refractivity contribution in [3.63, 3.8) is 0 Å². The van der Waals surface area contributed by atoms with Crippen molar-refractivity contribution in [2.45, 2.75) is 76.0 Å². The highest BCUT2D eigenvalue weighted by molar-refractivity contribution is 6.00. The minimum absolute atomic E-state index is 0.00771. The van der Waals surface area contributed by atoms with Gasteiger partial charge in [0.15, 0.2) is 0 Å². The van der Waals surface area contributed by atoms with E-state index < -0.39 is 5.41 Å². The minimum atomic E-state index is -0.574. The molecule has 0 N–H and O–H groups in total. The first kappa shape index (κ1) is 41.2. The third-order valence-electron chi connectivity index (χ3n) is 16.0. The molecule has 3 aliphatic carbocycles. The molecule has 3 aliphatic rings. The number of para-hydroxylation sites is 1. The number of anilines is 3. The van der Waals surface area contributed by atoms with E-state index in [1.54, 1.807) is 0 Å². The van der Waals surface area contributed by atoms with Gasteiger partial charge in [0.1, 0.15) is 0 Å². The van der Waals surface area contributed by atoms with Crippen LogP contribution in [0.3, 0.4) is 0 Å². The zero-order chi connectivity index (χ0) is 45.7. The van der Waals surface area contributed by atoms with Crippen LogP contribution in [-0.2, 0) is 21.7 Å². The third kappa shape index (κ3) is 6.20. The Balaban J connectivity index is 1.24. The van der Waals surface area contributed by atoms with E-state index in [4.69, 9.17) is 0 Å². The first-order valence-corrected chi connectivity index (χ1v) is 24.2. The molecule has 0 saturated carbocycles. The Morgan fingerprint density at radius 1 is 0.313 bits per heavy atom. The average molecular weight is 864 g/mol. The SMILES string of the molecule is CC1(C)CCC(C)(C)c2cc(-c3cc4c(cc3N(c3ccccc3)c3ccc5c(c3)C(C)(C)c3ccccc3-5)C(c3ccccc3)(c3ccccc3)c3ccccc3-4)c(-c3ccccc3)cc21. The Bertz CT molecular complexity index is 3320. The Morgan fingerprint density at radius 2 is 0.806 bits per heavy atom. The van der Waals surface area contributed by atoms with Crippen molar-refractivity contribution in [3.05, 3.63) is 257 Å². The second-order valence-electron chi connectivity index (χ2n) is 21.1. The number of nitrogens with zero attached hydrogens (tertiary/aromatic N) is 1. The topological polar surface area (TPSA) is 3.24 Å². The Labute approximate surface area is 397 Å². The van der Waals surface area contributed by atoms with E-state index in [2.05, 4.69) is 259 Å². The zero-order valence-corrected chi connectivity index (χ0v) is 39.6. The largest absolute Gasteiger partial charge is 0.310 e. The molecule has 1 heteroatoms. The second-order valence-corrected chi connectivity index (χ2v) is 21.1. The maximum Gasteiger partial charge on any atom is 0.0714 e. The van der Waals surface area contributed by atoms with Crippen LogP contribution in [0.5, 0.6) is 0 Å². The van der Waals surface area contributed by atoms with E-state index in [1.807, 2.05) is 0 Å². The summed E-state index contributed by atoms with van der Waals surface area (Å²) in [7, 11) is 0. The third-order valence-corrected chi connectivity index (χ3v) is 16.0. The molecule has 0 saturated heterocycles. The molecule has 0 unspecified atom stereocenters. The van der Waals surface area contributed by atoms with Crippen LogP contribution in [0, 0.1) is 0 Å². The van der Waals surface area contributed by atoms with Gasteiger partial charge in [-0.2, -0.15) is 0 Å². The van der Waals surface area contributed by atoms with Gasteiger partial charge < -0.3 is 4.90 Å². The first-order valence-electron chi connectivity index (χ1n) is 24.2. The van der Waals surface area contributed by atoms with Crippen LogP contribution in [0.1, 0.15) is 98.9 Å². The Kier molecular flexibility index (Phi) is 9.33. The monoisotopic (exact) mass is 863 g/mol. The number of rotatable bonds is 7. The summed E-state index contributed by atoms with van der Waals surface area (Å²) in [6.45, 7) is 14.6. The summed E-state index contributed by atoms with van der Waals surface area (Å²) in [5.41, 5.74) is 23.7. The van der Waals surface area contributed by atoms with E-state index in [1.165, 1.54) is 89.0 Å². The van der Waals surface area contributed by atoms with Crippen molar-refractivity contribution in [2.75, 3.05) is 4.90 Å². The summed E-state index contributed by atoms with van der Waals surface area (Å²) >= 11 is 0. The molecule has 0 aliphatic heterocycles. The van der Waals surface area contributed by atoms with Gasteiger partial charge in [0.2, 0.25) is 0 Å². The summed E-state index contributed by atoms with van der Waals surface area (Å²) in [6, 6.07) is 80.5. The fourth-order valence-corrected chi connectivity index (χ4v) is 12.4. The lowest BCUT2D eigenvalue weighted by Gasteiger charge is -2.43. The molecule has 67 heavy (non-hydrogen) atoms. The Morgan fingerprint density at radius 3 is 1.42 bits per heavy atom. The zero-order valence-electron chi connectivity index (χ0n) is 39.6. The molecule has 0 heterocycles. The van der Waals surface area contributed by atoms with Gasteiger partial charge in [0.25, 0.3) is 0 Å². The van der Waals surface area contributed by atoms with E-state index >= 15 is 0 Å². The van der Waals surface area contributed by atoms with Crippen molar-refractivity contribution in [3.8, 4) is 44.5 Å². The molecule has 0 fully saturated rings. The van der Waals surface area contributed by atoms with Crippen molar-refractivity contribution < 1.29 is 0 Å². The summed E-state index contributed by atoms with van der Waals surface area (Å²) in [5, 5.41) is 0. The predicted octanol–water partition coefficient (Wildman–Crippen LogP) is 17.5. The molecule has 0 aromatic heterocycles. The van der Waals surface area contributed by atoms with Crippen molar-refractivity contribution in [1.82, 2.24) is 0 Å². The van der Waals surface area contributed by atoms with E-state index in [-0.39, 0.29) is 16.2 Å². The van der Waals surface area contributed by atoms with Gasteiger partial charge in [-0.1, -0.05) is 205 Å². The summed E-state index contributed by atoms with van der Waals surface area (Å²) in [5.74, 6) is 0. The van der Waals surface area contributed by atoms with Crippen LogP contribution in [0.2, 0.25) is 0 Å². The van der Waals surface area contributed by atoms with Crippen LogP contribution in [0.15, 0.2) is 212 Å². The average Bonchev–Trinajstić information content (AvgIpc) is 3.78. The number of hydrogen-bond acceptors (Lipinski definition) is 1. The molecular weight excluding hydrogens is 807 g/mol. The minimum Gasteiger partial charge on any atom is -0.310 e. The van der Waals surface area contributed by atoms with Gasteiger partial charge in [0, 0.05) is 22.4 Å². The predicted molar refractivity (Wildman–Crippen MR) is 282 cm³/mol. The fourth-order valence-electron chi connectivity index (χ4n) is 12.4. The molecule has 1 nitrogen and oxygen atoms in total. The molecular formula is C66H57N. The summed E-state index contributed by atoms with van der Waals surface area (Å²) < 4.78 is 0. The second kappa shape index (κ2) is 15.2. The van der Waals surface area contributed by atoms with Crippen LogP contribution < -0.4 is 4.90 Å². The fraction of sp³-hybridized carbons (Fsp3) is 0.182. The Hall–Kier alpha value is -7.22. The normalized spacial score (nSPS) is 16.3. The lowest BCUT2D eigenvalue weighted by atomic mass is 9.62. The van der Waals surface area contributed by atoms with Gasteiger partial charge in [-0.25, -0.2) is 0 Å². The van der Waals surface area contributed by atoms with Gasteiger partial charge in [-0.15, -0.1) is 0 Å². The lowest BCUT2D eigenvalue weighted by molar-refractivity contribution is 0.332. The molecule has 9 aromatic rings. The standard InChI is InChI=1S/C66H57N/c1-63(2)37-38-64(3,4)61-42-53(52(41-60(61)63)44-23-11-7-12-24-44)55-40-54-50-32-20-22-34-57(50)66(45-25-13-8-14-26-45,46-27-15-9-16-28-46)59(54)43-62(55)67(47-29-17-10-18-30-47)48-35-36-51-49-31-19-21-33-56(49)65(5,6)58(51)39-48/h7-36,39-43H,37-38H2,1-6H3. The van der Waals surface area contributed by atoms with Gasteiger partial charge >= 0.3 is 0 Å². The van der Waals surface area contributed by atoms with Crippen LogP contribution in [-0.4, -0.2) is 0 Å². The van der Waals surface area contributed by atoms with Crippen molar-refractivity contribution >= 4 is 17.1 Å². The molecule has 0 atom stereocenters. The first-order chi connectivity index (χ1) is 32.5. The molecule has 0 bridgehead atoms. The van der Waals surface area contributed by atoms with Crippen molar-refractivity contribution in [1.29, 1.82) is 0 Å². The molecule has 9 aromatic carbocycles. The molecule has 326 valence electrons. The maximum absolute atomic E-state index is 2.61. The highest BCUT2D eigenvalue weighted by Gasteiger charge is 2.47. The summed E-state index contributed by atoms with van der Waals surface area (Å²) in [4.78, 5) is 2.57. The van der Waals surface area contributed by atoms with Crippen LogP contribution >= 0.6 is 0 Å².